The average Bonchev–Trinajstić information content (AvgIpc) is 3.76. The molecule has 3 aromatic heterocycles. The zero-order valence-electron chi connectivity index (χ0n) is 26.8. The summed E-state index contributed by atoms with van der Waals surface area (Å²) in [5.74, 6) is -1.75. The summed E-state index contributed by atoms with van der Waals surface area (Å²) >= 11 is 2.59. The number of rotatable bonds is 5. The number of amides is 4. The number of thiazole rings is 2. The Kier molecular flexibility index (Phi) is 12.0. The van der Waals surface area contributed by atoms with Crippen molar-refractivity contribution in [2.24, 2.45) is 5.92 Å². The number of carbonyl (C=O) groups excluding carboxylic acids is 4. The molecule has 1 aliphatic rings. The molecule has 5 rings (SSSR count). The third kappa shape index (κ3) is 9.50. The zero-order valence-corrected chi connectivity index (χ0v) is 28.4. The predicted octanol–water partition coefficient (Wildman–Crippen LogP) is 5.11. The lowest BCUT2D eigenvalue weighted by molar-refractivity contribution is -0.122. The number of benzene rings is 1. The first-order valence-corrected chi connectivity index (χ1v) is 17.6. The van der Waals surface area contributed by atoms with Gasteiger partial charge in [0.2, 0.25) is 5.91 Å². The van der Waals surface area contributed by atoms with Gasteiger partial charge in [-0.25, -0.2) is 14.4 Å². The monoisotopic (exact) mass is 691 g/mol. The smallest absolute Gasteiger partial charge is 0.271 e. The molecule has 4 aromatic rings. The maximum absolute atomic E-state index is 13.9. The van der Waals surface area contributed by atoms with E-state index < -0.39 is 23.8 Å². The standard InChI is InChI=1S/C34H38FN7O4S2/c1-21(2)14-25-32-41-28(20-48-32)31(45)39-26(15-22-8-4-3-5-9-22)33-40-27(19-47-33)30(44)37-11-7-13-42(12-6-10-29(43)38-25)34(46)23-16-24(35)18-36-17-23/h3-5,8-9,16-21,25-26H,6-7,10-15H2,1-2H3,(H,37,44)(H,38,43)(H,39,45)/t25-,26-/m0/s1. The first kappa shape index (κ1) is 34.8. The van der Waals surface area contributed by atoms with Crippen molar-refractivity contribution < 1.29 is 23.6 Å². The number of carbonyl (C=O) groups is 4. The van der Waals surface area contributed by atoms with Gasteiger partial charge in [-0.1, -0.05) is 44.2 Å². The van der Waals surface area contributed by atoms with Crippen molar-refractivity contribution in [1.82, 2.24) is 35.8 Å². The van der Waals surface area contributed by atoms with Crippen LogP contribution < -0.4 is 16.0 Å². The Bertz CT molecular complexity index is 1730. The molecule has 11 nitrogen and oxygen atoms in total. The van der Waals surface area contributed by atoms with Gasteiger partial charge in [0.25, 0.3) is 17.7 Å². The molecule has 4 amide bonds. The van der Waals surface area contributed by atoms with Gasteiger partial charge in [-0.2, -0.15) is 0 Å². The summed E-state index contributed by atoms with van der Waals surface area (Å²) in [6.07, 6.45) is 4.33. The highest BCUT2D eigenvalue weighted by molar-refractivity contribution is 7.10. The minimum absolute atomic E-state index is 0.105. The van der Waals surface area contributed by atoms with E-state index in [-0.39, 0.29) is 66.6 Å². The maximum Gasteiger partial charge on any atom is 0.271 e. The van der Waals surface area contributed by atoms with Gasteiger partial charge in [-0.15, -0.1) is 22.7 Å². The van der Waals surface area contributed by atoms with Crippen molar-refractivity contribution >= 4 is 46.3 Å². The second-order valence-corrected chi connectivity index (χ2v) is 13.8. The molecule has 0 saturated carbocycles. The van der Waals surface area contributed by atoms with Crippen LogP contribution in [0.1, 0.15) is 98.5 Å². The van der Waals surface area contributed by atoms with Crippen molar-refractivity contribution in [3.63, 3.8) is 0 Å². The van der Waals surface area contributed by atoms with Gasteiger partial charge in [-0.05, 0) is 43.2 Å². The summed E-state index contributed by atoms with van der Waals surface area (Å²) in [4.78, 5) is 67.6. The predicted molar refractivity (Wildman–Crippen MR) is 181 cm³/mol. The molecule has 2 atom stereocenters. The Hall–Kier alpha value is -4.56. The fourth-order valence-electron chi connectivity index (χ4n) is 5.36. The Balaban J connectivity index is 1.41. The molecule has 14 heteroatoms. The SMILES string of the molecule is CC(C)C[C@@H]1NC(=O)CCCN(C(=O)c2cncc(F)c2)CCCNC(=O)c2csc(n2)[C@H](Cc2ccccc2)NC(=O)c2csc1n2. The molecule has 48 heavy (non-hydrogen) atoms. The van der Waals surface area contributed by atoms with E-state index in [1.165, 1.54) is 28.9 Å². The molecule has 1 aromatic carbocycles. The highest BCUT2D eigenvalue weighted by Crippen LogP contribution is 2.27. The van der Waals surface area contributed by atoms with E-state index in [0.717, 1.165) is 17.8 Å². The van der Waals surface area contributed by atoms with Crippen LogP contribution in [-0.2, 0) is 11.2 Å². The summed E-state index contributed by atoms with van der Waals surface area (Å²) in [6.45, 7) is 4.86. The second-order valence-electron chi connectivity index (χ2n) is 12.0. The van der Waals surface area contributed by atoms with Gasteiger partial charge in [0.15, 0.2) is 0 Å². The van der Waals surface area contributed by atoms with Gasteiger partial charge < -0.3 is 20.9 Å². The van der Waals surface area contributed by atoms with Crippen LogP contribution in [-0.4, -0.2) is 63.1 Å². The Labute approximate surface area is 286 Å². The molecule has 4 heterocycles. The normalized spacial score (nSPS) is 18.4. The summed E-state index contributed by atoms with van der Waals surface area (Å²) in [7, 11) is 0. The van der Waals surface area contributed by atoms with E-state index in [1.807, 2.05) is 44.2 Å². The number of pyridine rings is 1. The molecular weight excluding hydrogens is 654 g/mol. The van der Waals surface area contributed by atoms with E-state index in [0.29, 0.717) is 35.7 Å². The van der Waals surface area contributed by atoms with E-state index in [2.05, 4.69) is 30.9 Å². The number of nitrogens with zero attached hydrogens (tertiary/aromatic N) is 4. The Morgan fingerprint density at radius 1 is 0.938 bits per heavy atom. The summed E-state index contributed by atoms with van der Waals surface area (Å²) in [5, 5.41) is 13.5. The summed E-state index contributed by atoms with van der Waals surface area (Å²) < 4.78 is 13.9. The van der Waals surface area contributed by atoms with Crippen LogP contribution in [0.2, 0.25) is 0 Å². The number of hydrogen-bond acceptors (Lipinski definition) is 9. The van der Waals surface area contributed by atoms with Crippen molar-refractivity contribution in [2.45, 2.75) is 58.0 Å². The van der Waals surface area contributed by atoms with Crippen molar-refractivity contribution in [3.05, 3.63) is 97.9 Å². The summed E-state index contributed by atoms with van der Waals surface area (Å²) in [6, 6.07) is 9.91. The van der Waals surface area contributed by atoms with E-state index in [1.54, 1.807) is 15.7 Å². The number of aromatic nitrogens is 3. The maximum atomic E-state index is 13.9. The van der Waals surface area contributed by atoms with Crippen LogP contribution in [0.15, 0.2) is 59.6 Å². The highest BCUT2D eigenvalue weighted by Gasteiger charge is 2.26. The molecule has 3 N–H and O–H groups in total. The molecule has 252 valence electrons. The Morgan fingerprint density at radius 3 is 2.33 bits per heavy atom. The number of nitrogens with one attached hydrogen (secondary N) is 3. The van der Waals surface area contributed by atoms with Crippen LogP contribution in [0.4, 0.5) is 4.39 Å². The molecule has 0 fully saturated rings. The first-order valence-electron chi connectivity index (χ1n) is 15.9. The van der Waals surface area contributed by atoms with Crippen molar-refractivity contribution in [1.29, 1.82) is 0 Å². The molecule has 0 saturated heterocycles. The minimum atomic E-state index is -0.622. The van der Waals surface area contributed by atoms with E-state index in [9.17, 15) is 23.6 Å². The fraction of sp³-hybridized carbons (Fsp3) is 0.382. The molecule has 0 spiro atoms. The average molecular weight is 692 g/mol. The van der Waals surface area contributed by atoms with Gasteiger partial charge in [0.1, 0.15) is 27.2 Å². The third-order valence-corrected chi connectivity index (χ3v) is 9.61. The largest absolute Gasteiger partial charge is 0.351 e. The van der Waals surface area contributed by atoms with Gasteiger partial charge in [0.05, 0.1) is 23.8 Å². The number of halogens is 1. The molecule has 1 aliphatic heterocycles. The number of hydrogen-bond donors (Lipinski definition) is 3. The lowest BCUT2D eigenvalue weighted by Crippen LogP contribution is -2.36. The number of fused-ring (bicyclic) bond motifs is 4. The zero-order chi connectivity index (χ0) is 34.0. The highest BCUT2D eigenvalue weighted by atomic mass is 32.1. The minimum Gasteiger partial charge on any atom is -0.351 e. The van der Waals surface area contributed by atoms with E-state index in [4.69, 9.17) is 0 Å². The van der Waals surface area contributed by atoms with E-state index >= 15 is 0 Å². The Morgan fingerprint density at radius 2 is 1.62 bits per heavy atom. The van der Waals surface area contributed by atoms with Gasteiger partial charge >= 0.3 is 0 Å². The van der Waals surface area contributed by atoms with Crippen LogP contribution >= 0.6 is 22.7 Å². The molecule has 4 bridgehead atoms. The molecule has 0 radical (unpaired) electrons. The lowest BCUT2D eigenvalue weighted by atomic mass is 10.0. The van der Waals surface area contributed by atoms with Crippen molar-refractivity contribution in [3.8, 4) is 0 Å². The molecule has 0 unspecified atom stereocenters. The van der Waals surface area contributed by atoms with Crippen molar-refractivity contribution in [2.75, 3.05) is 19.6 Å². The van der Waals surface area contributed by atoms with Gasteiger partial charge in [-0.3, -0.25) is 24.2 Å². The topological polar surface area (TPSA) is 146 Å². The third-order valence-electron chi connectivity index (χ3n) is 7.70. The van der Waals surface area contributed by atoms with Gasteiger partial charge in [0, 0.05) is 43.0 Å². The summed E-state index contributed by atoms with van der Waals surface area (Å²) in [5.41, 5.74) is 1.55. The molecular formula is C34H38FN7O4S2. The first-order chi connectivity index (χ1) is 23.2. The lowest BCUT2D eigenvalue weighted by Gasteiger charge is -2.23. The second kappa shape index (κ2) is 16.5. The quantitative estimate of drug-likeness (QED) is 0.264. The molecule has 0 aliphatic carbocycles. The van der Waals surface area contributed by atoms with Crippen LogP contribution in [0.5, 0.6) is 0 Å². The van der Waals surface area contributed by atoms with Crippen LogP contribution in [0.3, 0.4) is 0 Å². The fourth-order valence-corrected chi connectivity index (χ4v) is 7.08. The van der Waals surface area contributed by atoms with Crippen LogP contribution in [0.25, 0.3) is 0 Å². The van der Waals surface area contributed by atoms with Crippen LogP contribution in [0, 0.1) is 11.7 Å².